The van der Waals surface area contributed by atoms with E-state index in [1.807, 2.05) is 0 Å². The highest BCUT2D eigenvalue weighted by atomic mass is 127. The van der Waals surface area contributed by atoms with Crippen molar-refractivity contribution in [2.75, 3.05) is 14.2 Å². The second-order valence-corrected chi connectivity index (χ2v) is 8.57. The summed E-state index contributed by atoms with van der Waals surface area (Å²) < 4.78 is 18.4. The third kappa shape index (κ3) is 4.67. The normalized spacial score (nSPS) is 12.2. The first-order valence-corrected chi connectivity index (χ1v) is 10.3. The Labute approximate surface area is 192 Å². The van der Waals surface area contributed by atoms with Crippen LogP contribution in [0.2, 0.25) is 5.28 Å². The number of halogens is 2. The molecule has 0 bridgehead atoms. The van der Waals surface area contributed by atoms with E-state index in [9.17, 15) is 4.79 Å². The van der Waals surface area contributed by atoms with E-state index in [0.717, 1.165) is 0 Å². The molecule has 0 saturated heterocycles. The van der Waals surface area contributed by atoms with Gasteiger partial charge in [-0.05, 0) is 67.1 Å². The fourth-order valence-corrected chi connectivity index (χ4v) is 3.86. The first-order valence-electron chi connectivity index (χ1n) is 8.88. The maximum Gasteiger partial charge on any atom is 0.420 e. The van der Waals surface area contributed by atoms with Gasteiger partial charge in [0.15, 0.2) is 17.3 Å². The smallest absolute Gasteiger partial charge is 0.420 e. The van der Waals surface area contributed by atoms with Crippen LogP contribution in [0.4, 0.5) is 10.6 Å². The molecule has 0 spiro atoms. The van der Waals surface area contributed by atoms with Gasteiger partial charge in [0.2, 0.25) is 5.28 Å². The highest BCUT2D eigenvalue weighted by Crippen LogP contribution is 2.40. The van der Waals surface area contributed by atoms with Gasteiger partial charge in [0.1, 0.15) is 11.1 Å². The van der Waals surface area contributed by atoms with Gasteiger partial charge in [-0.2, -0.15) is 4.98 Å². The van der Waals surface area contributed by atoms with E-state index in [1.165, 1.54) is 4.57 Å². The van der Waals surface area contributed by atoms with Crippen LogP contribution in [0.25, 0.3) is 10.9 Å². The minimum atomic E-state index is -0.651. The molecule has 0 saturated carbocycles. The lowest BCUT2D eigenvalue weighted by Crippen LogP contribution is -2.33. The molecule has 10 heteroatoms. The molecule has 2 heterocycles. The van der Waals surface area contributed by atoms with Crippen LogP contribution >= 0.6 is 34.2 Å². The third-order valence-electron chi connectivity index (χ3n) is 3.87. The SMILES string of the molecule is COc1cc2nc(Cl)nc(N=c3ccccn3C(=O)OC(C)(C)C)c2c(I)c1OC. The molecule has 3 rings (SSSR count). The largest absolute Gasteiger partial charge is 0.493 e. The third-order valence-corrected chi connectivity index (χ3v) is 5.07. The predicted molar refractivity (Wildman–Crippen MR) is 122 cm³/mol. The zero-order valence-electron chi connectivity index (χ0n) is 17.1. The molecule has 0 aliphatic heterocycles. The average molecular weight is 543 g/mol. The molecule has 0 N–H and O–H groups in total. The van der Waals surface area contributed by atoms with Crippen LogP contribution in [-0.4, -0.2) is 40.4 Å². The molecular formula is C20H20ClIN4O4. The van der Waals surface area contributed by atoms with Crippen molar-refractivity contribution in [3.05, 3.63) is 44.8 Å². The van der Waals surface area contributed by atoms with Crippen LogP contribution in [0, 0.1) is 3.57 Å². The standard InChI is InChI=1S/C20H20ClIN4O4/c1-20(2,3)30-19(27)26-9-7-6-8-13(26)24-17-14-11(23-18(21)25-17)10-12(28-4)16(29-5)15(14)22/h6-10H,1-5H3. The second-order valence-electron chi connectivity index (χ2n) is 7.16. The lowest BCUT2D eigenvalue weighted by Gasteiger charge is -2.20. The summed E-state index contributed by atoms with van der Waals surface area (Å²) in [6.07, 6.45) is 1.02. The van der Waals surface area contributed by atoms with E-state index >= 15 is 0 Å². The number of methoxy groups -OCH3 is 2. The number of pyridine rings is 1. The molecule has 0 fully saturated rings. The Bertz CT molecular complexity index is 1190. The number of hydrogen-bond donors (Lipinski definition) is 0. The van der Waals surface area contributed by atoms with Gasteiger partial charge in [-0.25, -0.2) is 19.3 Å². The van der Waals surface area contributed by atoms with Crippen molar-refractivity contribution in [2.24, 2.45) is 4.99 Å². The fraction of sp³-hybridized carbons (Fsp3) is 0.300. The Kier molecular flexibility index (Phi) is 6.51. The number of aromatic nitrogens is 3. The maximum absolute atomic E-state index is 12.6. The fourth-order valence-electron chi connectivity index (χ4n) is 2.69. The quantitative estimate of drug-likeness (QED) is 0.352. The van der Waals surface area contributed by atoms with Crippen molar-refractivity contribution in [3.8, 4) is 11.5 Å². The van der Waals surface area contributed by atoms with Gasteiger partial charge in [-0.1, -0.05) is 6.07 Å². The molecule has 8 nitrogen and oxygen atoms in total. The number of fused-ring (bicyclic) bond motifs is 1. The molecule has 1 aromatic carbocycles. The average Bonchev–Trinajstić information content (AvgIpc) is 2.66. The van der Waals surface area contributed by atoms with Crippen LogP contribution in [0.5, 0.6) is 11.5 Å². The highest BCUT2D eigenvalue weighted by Gasteiger charge is 2.20. The number of benzene rings is 1. The van der Waals surface area contributed by atoms with Crippen molar-refractivity contribution in [1.82, 2.24) is 14.5 Å². The zero-order chi connectivity index (χ0) is 22.1. The van der Waals surface area contributed by atoms with Gasteiger partial charge in [-0.3, -0.25) is 0 Å². The van der Waals surface area contributed by atoms with Crippen LogP contribution in [-0.2, 0) is 4.74 Å². The summed E-state index contributed by atoms with van der Waals surface area (Å²) in [4.78, 5) is 25.8. The van der Waals surface area contributed by atoms with E-state index in [4.69, 9.17) is 25.8 Å². The van der Waals surface area contributed by atoms with E-state index in [0.29, 0.717) is 37.3 Å². The van der Waals surface area contributed by atoms with Crippen molar-refractivity contribution in [1.29, 1.82) is 0 Å². The molecule has 0 aliphatic rings. The summed E-state index contributed by atoms with van der Waals surface area (Å²) in [6, 6.07) is 6.86. The van der Waals surface area contributed by atoms with E-state index in [1.54, 1.807) is 65.5 Å². The lowest BCUT2D eigenvalue weighted by atomic mass is 10.2. The molecule has 0 radical (unpaired) electrons. The molecule has 30 heavy (non-hydrogen) atoms. The molecule has 3 aromatic rings. The van der Waals surface area contributed by atoms with Crippen molar-refractivity contribution in [2.45, 2.75) is 26.4 Å². The monoisotopic (exact) mass is 542 g/mol. The Morgan fingerprint density at radius 3 is 2.57 bits per heavy atom. The molecule has 2 aromatic heterocycles. The summed E-state index contributed by atoms with van der Waals surface area (Å²) in [5.74, 6) is 1.33. The van der Waals surface area contributed by atoms with Gasteiger partial charge in [-0.15, -0.1) is 0 Å². The highest BCUT2D eigenvalue weighted by molar-refractivity contribution is 14.1. The zero-order valence-corrected chi connectivity index (χ0v) is 20.0. The van der Waals surface area contributed by atoms with Crippen LogP contribution in [0.3, 0.4) is 0 Å². The summed E-state index contributed by atoms with van der Waals surface area (Å²) in [5, 5.41) is 0.640. The number of hydrogen-bond acceptors (Lipinski definition) is 7. The Hall–Kier alpha value is -2.40. The number of ether oxygens (including phenoxy) is 3. The van der Waals surface area contributed by atoms with Crippen molar-refractivity contribution >= 4 is 57.0 Å². The van der Waals surface area contributed by atoms with Gasteiger partial charge >= 0.3 is 6.09 Å². The minimum absolute atomic E-state index is 0.0176. The Morgan fingerprint density at radius 2 is 1.93 bits per heavy atom. The Morgan fingerprint density at radius 1 is 1.20 bits per heavy atom. The summed E-state index contributed by atoms with van der Waals surface area (Å²) in [7, 11) is 3.09. The summed E-state index contributed by atoms with van der Waals surface area (Å²) in [5.41, 5.74) is 0.213. The number of carbonyl (C=O) groups excluding carboxylic acids is 1. The van der Waals surface area contributed by atoms with Gasteiger partial charge in [0.05, 0.1) is 28.7 Å². The molecule has 0 unspecified atom stereocenters. The summed E-state index contributed by atoms with van der Waals surface area (Å²) in [6.45, 7) is 5.39. The minimum Gasteiger partial charge on any atom is -0.493 e. The maximum atomic E-state index is 12.6. The second kappa shape index (κ2) is 8.76. The first kappa shape index (κ1) is 22.3. The van der Waals surface area contributed by atoms with Crippen LogP contribution in [0.15, 0.2) is 35.5 Å². The number of rotatable bonds is 3. The van der Waals surface area contributed by atoms with Gasteiger partial charge in [0.25, 0.3) is 0 Å². The van der Waals surface area contributed by atoms with Crippen LogP contribution in [0.1, 0.15) is 20.8 Å². The first-order chi connectivity index (χ1) is 14.1. The topological polar surface area (TPSA) is 87.8 Å². The van der Waals surface area contributed by atoms with E-state index in [-0.39, 0.29) is 5.28 Å². The van der Waals surface area contributed by atoms with E-state index in [2.05, 4.69) is 37.6 Å². The van der Waals surface area contributed by atoms with Gasteiger partial charge < -0.3 is 14.2 Å². The van der Waals surface area contributed by atoms with Gasteiger partial charge in [0, 0.05) is 12.3 Å². The predicted octanol–water partition coefficient (Wildman–Crippen LogP) is 4.72. The molecule has 0 atom stereocenters. The van der Waals surface area contributed by atoms with E-state index < -0.39 is 11.7 Å². The molecular weight excluding hydrogens is 523 g/mol. The lowest BCUT2D eigenvalue weighted by molar-refractivity contribution is 0.0529. The van der Waals surface area contributed by atoms with Crippen LogP contribution < -0.4 is 15.0 Å². The number of carbonyl (C=O) groups is 1. The summed E-state index contributed by atoms with van der Waals surface area (Å²) >= 11 is 8.27. The van der Waals surface area contributed by atoms with Crippen molar-refractivity contribution in [3.63, 3.8) is 0 Å². The van der Waals surface area contributed by atoms with Crippen molar-refractivity contribution < 1.29 is 19.0 Å². The molecule has 0 aliphatic carbocycles. The number of nitrogens with zero attached hydrogens (tertiary/aromatic N) is 4. The molecule has 158 valence electrons. The Balaban J connectivity index is 2.29. The molecule has 0 amide bonds.